The summed E-state index contributed by atoms with van der Waals surface area (Å²) in [4.78, 5) is 24.5. The van der Waals surface area contributed by atoms with E-state index in [1.54, 1.807) is 0 Å². The zero-order valence-corrected chi connectivity index (χ0v) is 11.8. The predicted molar refractivity (Wildman–Crippen MR) is 76.9 cm³/mol. The summed E-state index contributed by atoms with van der Waals surface area (Å²) < 4.78 is 0. The fraction of sp³-hybridized carbons (Fsp3) is 0.467. The Morgan fingerprint density at radius 3 is 2.40 bits per heavy atom. The number of hydrogen-bond acceptors (Lipinski definition) is 2. The Labute approximate surface area is 118 Å². The maximum absolute atomic E-state index is 12.3. The molecule has 0 unspecified atom stereocenters. The second-order valence-corrected chi connectivity index (χ2v) is 5.41. The number of anilines is 1. The van der Waals surface area contributed by atoms with Gasteiger partial charge >= 0.3 is 12.0 Å². The Kier molecular flexibility index (Phi) is 4.27. The van der Waals surface area contributed by atoms with Crippen LogP contribution in [0.5, 0.6) is 0 Å². The average Bonchev–Trinajstić information content (AvgIpc) is 3.16. The number of aryl methyl sites for hydroxylation is 2. The Morgan fingerprint density at radius 1 is 1.30 bits per heavy atom. The number of nitrogens with one attached hydrogen (secondary N) is 1. The van der Waals surface area contributed by atoms with Gasteiger partial charge in [-0.15, -0.1) is 0 Å². The van der Waals surface area contributed by atoms with Crippen molar-refractivity contribution >= 4 is 17.7 Å². The van der Waals surface area contributed by atoms with Crippen molar-refractivity contribution < 1.29 is 14.7 Å². The first-order chi connectivity index (χ1) is 9.47. The minimum absolute atomic E-state index is 0.257. The number of para-hydroxylation sites is 1. The number of carboxylic acid groups (broad SMARTS) is 1. The molecule has 1 aromatic carbocycles. The number of carbonyl (C=O) groups is 2. The first-order valence-corrected chi connectivity index (χ1v) is 6.81. The number of rotatable bonds is 5. The van der Waals surface area contributed by atoms with Crippen LogP contribution in [0.3, 0.4) is 0 Å². The predicted octanol–water partition coefficient (Wildman–Crippen LogP) is 2.63. The van der Waals surface area contributed by atoms with Crippen LogP contribution in [0.15, 0.2) is 18.2 Å². The minimum Gasteiger partial charge on any atom is -0.480 e. The molecule has 0 aliphatic heterocycles. The number of carboxylic acids is 1. The molecule has 1 aliphatic rings. The van der Waals surface area contributed by atoms with E-state index >= 15 is 0 Å². The number of benzene rings is 1. The molecule has 0 saturated heterocycles. The molecule has 1 aliphatic carbocycles. The lowest BCUT2D eigenvalue weighted by Gasteiger charge is -2.22. The van der Waals surface area contributed by atoms with Gasteiger partial charge in [0.15, 0.2) is 0 Å². The van der Waals surface area contributed by atoms with Crippen LogP contribution in [-0.4, -0.2) is 35.1 Å². The molecule has 2 N–H and O–H groups in total. The Balaban J connectivity index is 2.08. The highest BCUT2D eigenvalue weighted by Crippen LogP contribution is 2.30. The first kappa shape index (κ1) is 14.4. The number of amides is 2. The normalized spacial score (nSPS) is 13.9. The summed E-state index contributed by atoms with van der Waals surface area (Å²) in [5.41, 5.74) is 2.71. The first-order valence-electron chi connectivity index (χ1n) is 6.81. The highest BCUT2D eigenvalue weighted by Gasteiger charge is 2.28. The summed E-state index contributed by atoms with van der Waals surface area (Å²) in [5, 5.41) is 11.8. The van der Waals surface area contributed by atoms with E-state index in [9.17, 15) is 9.59 Å². The molecule has 0 radical (unpaired) electrons. The summed E-state index contributed by atoms with van der Waals surface area (Å²) in [6.07, 6.45) is 2.15. The van der Waals surface area contributed by atoms with Gasteiger partial charge in [-0.05, 0) is 43.7 Å². The number of hydrogen-bond donors (Lipinski definition) is 2. The average molecular weight is 276 g/mol. The molecule has 0 aromatic heterocycles. The van der Waals surface area contributed by atoms with E-state index < -0.39 is 5.97 Å². The molecule has 0 bridgehead atoms. The zero-order valence-electron chi connectivity index (χ0n) is 11.8. The number of urea groups is 1. The number of aliphatic carboxylic acids is 1. The SMILES string of the molecule is Cc1cccc(C)c1NC(=O)N(CC(=O)O)CC1CC1. The molecule has 1 saturated carbocycles. The summed E-state index contributed by atoms with van der Waals surface area (Å²) in [5.74, 6) is -0.527. The van der Waals surface area contributed by atoms with Crippen molar-refractivity contribution in [3.05, 3.63) is 29.3 Å². The van der Waals surface area contributed by atoms with Crippen molar-refractivity contribution in [2.24, 2.45) is 5.92 Å². The van der Waals surface area contributed by atoms with E-state index in [1.165, 1.54) is 4.90 Å². The van der Waals surface area contributed by atoms with Crippen molar-refractivity contribution in [3.63, 3.8) is 0 Å². The summed E-state index contributed by atoms with van der Waals surface area (Å²) in [6.45, 7) is 4.10. The number of carbonyl (C=O) groups excluding carboxylic acids is 1. The molecule has 1 aromatic rings. The minimum atomic E-state index is -0.984. The van der Waals surface area contributed by atoms with Crippen molar-refractivity contribution in [2.45, 2.75) is 26.7 Å². The van der Waals surface area contributed by atoms with Gasteiger partial charge in [0.25, 0.3) is 0 Å². The van der Waals surface area contributed by atoms with Crippen LogP contribution in [0.25, 0.3) is 0 Å². The van der Waals surface area contributed by atoms with Gasteiger partial charge in [0.1, 0.15) is 6.54 Å². The quantitative estimate of drug-likeness (QED) is 0.868. The molecule has 0 heterocycles. The van der Waals surface area contributed by atoms with E-state index in [2.05, 4.69) is 5.32 Å². The standard InChI is InChI=1S/C15H20N2O3/c1-10-4-3-5-11(2)14(10)16-15(20)17(9-13(18)19)8-12-6-7-12/h3-5,12H,6-9H2,1-2H3,(H,16,20)(H,18,19). The lowest BCUT2D eigenvalue weighted by Crippen LogP contribution is -2.40. The second-order valence-electron chi connectivity index (χ2n) is 5.41. The molecule has 20 heavy (non-hydrogen) atoms. The number of nitrogens with zero attached hydrogens (tertiary/aromatic N) is 1. The largest absolute Gasteiger partial charge is 0.480 e. The Bertz CT molecular complexity index is 504. The van der Waals surface area contributed by atoms with Crippen molar-refractivity contribution in [1.29, 1.82) is 0 Å². The van der Waals surface area contributed by atoms with Crippen LogP contribution in [-0.2, 0) is 4.79 Å². The summed E-state index contributed by atoms with van der Waals surface area (Å²) in [6, 6.07) is 5.44. The Morgan fingerprint density at radius 2 is 1.90 bits per heavy atom. The molecule has 0 spiro atoms. The van der Waals surface area contributed by atoms with Crippen LogP contribution >= 0.6 is 0 Å². The molecule has 5 heteroatoms. The lowest BCUT2D eigenvalue weighted by atomic mass is 10.1. The maximum Gasteiger partial charge on any atom is 0.323 e. The summed E-state index contributed by atoms with van der Waals surface area (Å²) in [7, 11) is 0. The monoisotopic (exact) mass is 276 g/mol. The van der Waals surface area contributed by atoms with Gasteiger partial charge in [0.05, 0.1) is 0 Å². The van der Waals surface area contributed by atoms with E-state index in [4.69, 9.17) is 5.11 Å². The molecule has 1 fully saturated rings. The molecular weight excluding hydrogens is 256 g/mol. The van der Waals surface area contributed by atoms with Crippen LogP contribution in [0.4, 0.5) is 10.5 Å². The topological polar surface area (TPSA) is 69.6 Å². The van der Waals surface area contributed by atoms with Gasteiger partial charge in [0, 0.05) is 12.2 Å². The van der Waals surface area contributed by atoms with Gasteiger partial charge in [-0.25, -0.2) is 4.79 Å². The highest BCUT2D eigenvalue weighted by atomic mass is 16.4. The van der Waals surface area contributed by atoms with Crippen molar-refractivity contribution in [3.8, 4) is 0 Å². The van der Waals surface area contributed by atoms with Crippen LogP contribution in [0.1, 0.15) is 24.0 Å². The van der Waals surface area contributed by atoms with Gasteiger partial charge in [-0.3, -0.25) is 4.79 Å². The summed E-state index contributed by atoms with van der Waals surface area (Å²) >= 11 is 0. The fourth-order valence-corrected chi connectivity index (χ4v) is 2.19. The van der Waals surface area contributed by atoms with E-state index in [0.717, 1.165) is 29.7 Å². The fourth-order valence-electron chi connectivity index (χ4n) is 2.19. The third-order valence-corrected chi connectivity index (χ3v) is 3.50. The molecule has 2 rings (SSSR count). The van der Waals surface area contributed by atoms with Crippen molar-refractivity contribution in [1.82, 2.24) is 4.90 Å². The van der Waals surface area contributed by atoms with Crippen LogP contribution in [0.2, 0.25) is 0 Å². The van der Waals surface area contributed by atoms with Crippen LogP contribution < -0.4 is 5.32 Å². The zero-order chi connectivity index (χ0) is 14.7. The van der Waals surface area contributed by atoms with Crippen molar-refractivity contribution in [2.75, 3.05) is 18.4 Å². The van der Waals surface area contributed by atoms with Crippen LogP contribution in [0, 0.1) is 19.8 Å². The van der Waals surface area contributed by atoms with Gasteiger partial charge < -0.3 is 15.3 Å². The lowest BCUT2D eigenvalue weighted by molar-refractivity contribution is -0.137. The van der Waals surface area contributed by atoms with Gasteiger partial charge in [0.2, 0.25) is 0 Å². The molecule has 5 nitrogen and oxygen atoms in total. The Hall–Kier alpha value is -2.04. The molecule has 108 valence electrons. The highest BCUT2D eigenvalue weighted by molar-refractivity contribution is 5.92. The maximum atomic E-state index is 12.3. The van der Waals surface area contributed by atoms with E-state index in [0.29, 0.717) is 12.5 Å². The molecular formula is C15H20N2O3. The third-order valence-electron chi connectivity index (χ3n) is 3.50. The second kappa shape index (κ2) is 5.94. The van der Waals surface area contributed by atoms with E-state index in [-0.39, 0.29) is 12.6 Å². The van der Waals surface area contributed by atoms with Gasteiger partial charge in [-0.1, -0.05) is 18.2 Å². The molecule has 2 amide bonds. The third kappa shape index (κ3) is 3.73. The molecule has 0 atom stereocenters. The smallest absolute Gasteiger partial charge is 0.323 e. The van der Waals surface area contributed by atoms with Gasteiger partial charge in [-0.2, -0.15) is 0 Å². The van der Waals surface area contributed by atoms with E-state index in [1.807, 2.05) is 32.0 Å².